The molecule has 2 aromatic heterocycles. The van der Waals surface area contributed by atoms with Gasteiger partial charge in [0.25, 0.3) is 0 Å². The van der Waals surface area contributed by atoms with Crippen LogP contribution in [0.3, 0.4) is 0 Å². The van der Waals surface area contributed by atoms with Gasteiger partial charge in [0.1, 0.15) is 23.3 Å². The maximum atomic E-state index is 4.58. The molecule has 3 rings (SSSR count). The van der Waals surface area contributed by atoms with Gasteiger partial charge in [-0.05, 0) is 19.1 Å². The Morgan fingerprint density at radius 1 is 1.13 bits per heavy atom. The van der Waals surface area contributed by atoms with E-state index in [1.165, 1.54) is 0 Å². The average molecular weight is 310 g/mol. The highest BCUT2D eigenvalue weighted by Gasteiger charge is 2.19. The Morgan fingerprint density at radius 3 is 2.52 bits per heavy atom. The molecule has 0 aromatic carbocycles. The molecule has 6 nitrogen and oxygen atoms in total. The van der Waals surface area contributed by atoms with Crippen LogP contribution < -0.4 is 15.1 Å². The van der Waals surface area contributed by atoms with E-state index < -0.39 is 0 Å². The molecular weight excluding hydrogens is 288 g/mol. The number of nitrogens with one attached hydrogen (secondary N) is 1. The van der Waals surface area contributed by atoms with Gasteiger partial charge in [0.05, 0.1) is 0 Å². The molecule has 0 spiro atoms. The summed E-state index contributed by atoms with van der Waals surface area (Å²) in [5.74, 6) is 3.64. The summed E-state index contributed by atoms with van der Waals surface area (Å²) in [5.41, 5.74) is 0. The molecule has 2 aromatic rings. The third kappa shape index (κ3) is 3.77. The zero-order valence-electron chi connectivity index (χ0n) is 13.4. The molecule has 23 heavy (non-hydrogen) atoms. The molecule has 0 radical (unpaired) electrons. The summed E-state index contributed by atoms with van der Waals surface area (Å²) in [6.45, 7) is 10.1. The Labute approximate surface area is 136 Å². The van der Waals surface area contributed by atoms with Gasteiger partial charge in [0.2, 0.25) is 0 Å². The molecular formula is C17H22N6. The van der Waals surface area contributed by atoms with Crippen molar-refractivity contribution in [1.82, 2.24) is 15.0 Å². The molecule has 120 valence electrons. The van der Waals surface area contributed by atoms with Crippen LogP contribution in [0.5, 0.6) is 0 Å². The molecule has 6 heteroatoms. The summed E-state index contributed by atoms with van der Waals surface area (Å²) in [7, 11) is 0. The minimum absolute atomic E-state index is 0.698. The molecule has 0 bridgehead atoms. The average Bonchev–Trinajstić information content (AvgIpc) is 2.60. The second kappa shape index (κ2) is 7.09. The van der Waals surface area contributed by atoms with Gasteiger partial charge in [0, 0.05) is 45.0 Å². The van der Waals surface area contributed by atoms with Crippen molar-refractivity contribution in [1.29, 1.82) is 0 Å². The molecule has 0 amide bonds. The highest BCUT2D eigenvalue weighted by Crippen LogP contribution is 2.19. The second-order valence-electron chi connectivity index (χ2n) is 5.49. The number of hydrogen-bond acceptors (Lipinski definition) is 6. The van der Waals surface area contributed by atoms with E-state index in [0.717, 1.165) is 49.5 Å². The molecule has 0 atom stereocenters. The van der Waals surface area contributed by atoms with Gasteiger partial charge in [-0.3, -0.25) is 0 Å². The van der Waals surface area contributed by atoms with Gasteiger partial charge >= 0.3 is 0 Å². The summed E-state index contributed by atoms with van der Waals surface area (Å²) < 4.78 is 0. The molecule has 1 N–H and O–H groups in total. The van der Waals surface area contributed by atoms with Crippen LogP contribution in [-0.2, 0) is 0 Å². The quantitative estimate of drug-likeness (QED) is 0.854. The summed E-state index contributed by atoms with van der Waals surface area (Å²) >= 11 is 0. The van der Waals surface area contributed by atoms with E-state index in [9.17, 15) is 0 Å². The molecule has 1 aliphatic heterocycles. The van der Waals surface area contributed by atoms with Crippen molar-refractivity contribution in [3.05, 3.63) is 48.9 Å². The van der Waals surface area contributed by atoms with E-state index in [2.05, 4.69) is 42.7 Å². The number of anilines is 3. The number of hydrogen-bond donors (Lipinski definition) is 1. The van der Waals surface area contributed by atoms with E-state index in [4.69, 9.17) is 0 Å². The molecule has 0 unspecified atom stereocenters. The van der Waals surface area contributed by atoms with Crippen LogP contribution in [-0.4, -0.2) is 47.7 Å². The van der Waals surface area contributed by atoms with Gasteiger partial charge in [-0.2, -0.15) is 0 Å². The smallest absolute Gasteiger partial charge is 0.134 e. The van der Waals surface area contributed by atoms with E-state index in [1.807, 2.05) is 37.4 Å². The van der Waals surface area contributed by atoms with Gasteiger partial charge in [-0.25, -0.2) is 15.0 Å². The summed E-state index contributed by atoms with van der Waals surface area (Å²) in [6, 6.07) is 8.04. The lowest BCUT2D eigenvalue weighted by atomic mass is 10.3. The molecule has 1 saturated heterocycles. The van der Waals surface area contributed by atoms with E-state index >= 15 is 0 Å². The predicted octanol–water partition coefficient (Wildman–Crippen LogP) is 2.10. The Morgan fingerprint density at radius 2 is 1.87 bits per heavy atom. The first kappa shape index (κ1) is 15.3. The number of nitrogens with zero attached hydrogens (tertiary/aromatic N) is 5. The largest absolute Gasteiger partial charge is 0.366 e. The van der Waals surface area contributed by atoms with Crippen LogP contribution in [0, 0.1) is 6.92 Å². The lowest BCUT2D eigenvalue weighted by molar-refractivity contribution is 0.640. The highest BCUT2D eigenvalue weighted by molar-refractivity contribution is 5.51. The van der Waals surface area contributed by atoms with Crippen molar-refractivity contribution in [2.75, 3.05) is 47.8 Å². The van der Waals surface area contributed by atoms with Crippen molar-refractivity contribution >= 4 is 17.5 Å². The number of aromatic nitrogens is 3. The molecule has 1 aliphatic rings. The van der Waals surface area contributed by atoms with Crippen LogP contribution in [0.25, 0.3) is 0 Å². The summed E-state index contributed by atoms with van der Waals surface area (Å²) in [5, 5.41) is 3.23. The van der Waals surface area contributed by atoms with E-state index in [1.54, 1.807) is 0 Å². The number of aryl methyl sites for hydroxylation is 1. The molecule has 0 aliphatic carbocycles. The molecule has 3 heterocycles. The fourth-order valence-corrected chi connectivity index (χ4v) is 2.69. The van der Waals surface area contributed by atoms with Crippen LogP contribution in [0.2, 0.25) is 0 Å². The number of pyridine rings is 1. The Hall–Kier alpha value is -2.63. The Kier molecular flexibility index (Phi) is 4.71. The van der Waals surface area contributed by atoms with Crippen LogP contribution in [0.4, 0.5) is 17.5 Å². The zero-order valence-corrected chi connectivity index (χ0v) is 13.4. The van der Waals surface area contributed by atoms with E-state index in [-0.39, 0.29) is 0 Å². The van der Waals surface area contributed by atoms with Crippen LogP contribution in [0.15, 0.2) is 43.1 Å². The van der Waals surface area contributed by atoms with Crippen molar-refractivity contribution in [3.63, 3.8) is 0 Å². The first-order chi connectivity index (χ1) is 11.3. The molecule has 0 saturated carbocycles. The maximum Gasteiger partial charge on any atom is 0.134 e. The highest BCUT2D eigenvalue weighted by atomic mass is 15.3. The Balaban J connectivity index is 1.67. The lowest BCUT2D eigenvalue weighted by Crippen LogP contribution is -2.47. The van der Waals surface area contributed by atoms with Gasteiger partial charge in [-0.15, -0.1) is 6.58 Å². The maximum absolute atomic E-state index is 4.58. The third-order valence-corrected chi connectivity index (χ3v) is 3.83. The van der Waals surface area contributed by atoms with Crippen LogP contribution >= 0.6 is 0 Å². The van der Waals surface area contributed by atoms with Crippen LogP contribution in [0.1, 0.15) is 5.82 Å². The third-order valence-electron chi connectivity index (χ3n) is 3.83. The van der Waals surface area contributed by atoms with Gasteiger partial charge in [0.15, 0.2) is 0 Å². The fraction of sp³-hybridized carbons (Fsp3) is 0.353. The SMILES string of the molecule is C=CCNc1cc(N2CCN(c3ccccn3)CC2)nc(C)n1. The number of piperazine rings is 1. The fourth-order valence-electron chi connectivity index (χ4n) is 2.69. The van der Waals surface area contributed by atoms with Crippen molar-refractivity contribution in [2.24, 2.45) is 0 Å². The normalized spacial score (nSPS) is 14.7. The minimum atomic E-state index is 0.698. The van der Waals surface area contributed by atoms with Crippen molar-refractivity contribution < 1.29 is 0 Å². The first-order valence-electron chi connectivity index (χ1n) is 7.87. The standard InChI is InChI=1S/C17H22N6/c1-3-7-18-15-13-17(21-14(2)20-15)23-11-9-22(10-12-23)16-6-4-5-8-19-16/h3-6,8,13H,1,7,9-12H2,2H3,(H,18,20,21). The van der Waals surface area contributed by atoms with E-state index in [0.29, 0.717) is 6.54 Å². The zero-order chi connectivity index (χ0) is 16.1. The monoisotopic (exact) mass is 310 g/mol. The summed E-state index contributed by atoms with van der Waals surface area (Å²) in [4.78, 5) is 18.0. The molecule has 1 fully saturated rings. The topological polar surface area (TPSA) is 57.2 Å². The van der Waals surface area contributed by atoms with Crippen molar-refractivity contribution in [2.45, 2.75) is 6.92 Å². The lowest BCUT2D eigenvalue weighted by Gasteiger charge is -2.36. The number of rotatable bonds is 5. The van der Waals surface area contributed by atoms with Gasteiger partial charge < -0.3 is 15.1 Å². The Bertz CT molecular complexity index is 649. The predicted molar refractivity (Wildman–Crippen MR) is 94.1 cm³/mol. The van der Waals surface area contributed by atoms with Gasteiger partial charge in [-0.1, -0.05) is 12.1 Å². The summed E-state index contributed by atoms with van der Waals surface area (Å²) in [6.07, 6.45) is 3.66. The minimum Gasteiger partial charge on any atom is -0.366 e. The van der Waals surface area contributed by atoms with Crippen molar-refractivity contribution in [3.8, 4) is 0 Å². The first-order valence-corrected chi connectivity index (χ1v) is 7.87. The second-order valence-corrected chi connectivity index (χ2v) is 5.49.